The van der Waals surface area contributed by atoms with Crippen LogP contribution in [-0.4, -0.2) is 35.7 Å². The number of ether oxygens (including phenoxy) is 1. The van der Waals surface area contributed by atoms with Gasteiger partial charge in [0.1, 0.15) is 28.7 Å². The summed E-state index contributed by atoms with van der Waals surface area (Å²) in [4.78, 5) is 17.2. The van der Waals surface area contributed by atoms with Crippen molar-refractivity contribution in [3.63, 3.8) is 0 Å². The predicted molar refractivity (Wildman–Crippen MR) is 149 cm³/mol. The van der Waals surface area contributed by atoms with Crippen LogP contribution in [0.25, 0.3) is 16.9 Å². The molecule has 0 saturated heterocycles. The lowest BCUT2D eigenvalue weighted by atomic mass is 10.1. The molecule has 41 heavy (non-hydrogen) atoms. The van der Waals surface area contributed by atoms with Crippen LogP contribution >= 0.6 is 0 Å². The summed E-state index contributed by atoms with van der Waals surface area (Å²) in [6.45, 7) is 3.11. The van der Waals surface area contributed by atoms with E-state index in [0.717, 1.165) is 11.6 Å². The van der Waals surface area contributed by atoms with Crippen molar-refractivity contribution in [2.75, 3.05) is 10.6 Å². The molecule has 0 fully saturated rings. The second-order valence-electron chi connectivity index (χ2n) is 9.65. The number of rotatable bonds is 7. The van der Waals surface area contributed by atoms with Crippen molar-refractivity contribution in [1.82, 2.24) is 24.5 Å². The van der Waals surface area contributed by atoms with Crippen LogP contribution in [0.4, 0.5) is 20.7 Å². The largest absolute Gasteiger partial charge is 0.457 e. The molecule has 2 aromatic carbocycles. The Hall–Kier alpha value is -5.54. The van der Waals surface area contributed by atoms with Gasteiger partial charge in [-0.3, -0.25) is 15.0 Å². The number of aliphatic hydroxyl groups is 1. The first-order valence-electron chi connectivity index (χ1n) is 12.4. The van der Waals surface area contributed by atoms with Gasteiger partial charge >= 0.3 is 6.03 Å². The van der Waals surface area contributed by atoms with Gasteiger partial charge in [0.25, 0.3) is 0 Å². The van der Waals surface area contributed by atoms with Gasteiger partial charge in [-0.2, -0.15) is 15.5 Å². The summed E-state index contributed by atoms with van der Waals surface area (Å²) < 4.78 is 23.8. The number of benzene rings is 2. The number of halogens is 1. The fraction of sp³-hybridized carbons (Fsp3) is 0.138. The Balaban J connectivity index is 1.32. The highest BCUT2D eigenvalue weighted by atomic mass is 19.1. The third-order valence-electron chi connectivity index (χ3n) is 5.95. The number of hydrogen-bond donors (Lipinski definition) is 3. The SMILES string of the molecule is Cn1cc(-c2cc(Oc3ccc(NC(=O)Nc4cc(C(C)(C)O)nn4-c4cccc(C#N)c4)c(F)c3)ccn2)cn1. The van der Waals surface area contributed by atoms with E-state index in [1.165, 1.54) is 22.9 Å². The van der Waals surface area contributed by atoms with Crippen LogP contribution in [0.15, 0.2) is 79.3 Å². The molecule has 0 spiro atoms. The van der Waals surface area contributed by atoms with E-state index in [2.05, 4.69) is 31.9 Å². The lowest BCUT2D eigenvalue weighted by molar-refractivity contribution is 0.0734. The first-order chi connectivity index (χ1) is 19.6. The second-order valence-corrected chi connectivity index (χ2v) is 9.65. The second kappa shape index (κ2) is 10.9. The Morgan fingerprint density at radius 2 is 1.90 bits per heavy atom. The molecule has 12 heteroatoms. The van der Waals surface area contributed by atoms with Crippen molar-refractivity contribution >= 4 is 17.5 Å². The first-order valence-corrected chi connectivity index (χ1v) is 12.4. The third kappa shape index (κ3) is 6.21. The van der Waals surface area contributed by atoms with E-state index in [0.29, 0.717) is 22.7 Å². The number of aromatic nitrogens is 5. The van der Waals surface area contributed by atoms with Gasteiger partial charge in [0, 0.05) is 43.2 Å². The zero-order valence-corrected chi connectivity index (χ0v) is 22.3. The van der Waals surface area contributed by atoms with Gasteiger partial charge in [0.05, 0.1) is 40.6 Å². The molecule has 0 unspecified atom stereocenters. The van der Waals surface area contributed by atoms with Crippen molar-refractivity contribution in [3.8, 4) is 34.5 Å². The van der Waals surface area contributed by atoms with Crippen molar-refractivity contribution in [2.24, 2.45) is 7.05 Å². The maximum Gasteiger partial charge on any atom is 0.324 e. The predicted octanol–water partition coefficient (Wildman–Crippen LogP) is 5.34. The maximum atomic E-state index is 15.0. The molecule has 3 aromatic heterocycles. The van der Waals surface area contributed by atoms with Crippen molar-refractivity contribution in [1.29, 1.82) is 5.26 Å². The first kappa shape index (κ1) is 27.0. The smallest absolute Gasteiger partial charge is 0.324 e. The Bertz CT molecular complexity index is 1780. The minimum Gasteiger partial charge on any atom is -0.457 e. The number of pyridine rings is 1. The van der Waals surface area contributed by atoms with Crippen LogP contribution in [0.3, 0.4) is 0 Å². The fourth-order valence-electron chi connectivity index (χ4n) is 3.93. The van der Waals surface area contributed by atoms with Crippen molar-refractivity contribution in [2.45, 2.75) is 19.4 Å². The van der Waals surface area contributed by atoms with E-state index in [9.17, 15) is 19.6 Å². The number of urea groups is 1. The molecule has 11 nitrogen and oxygen atoms in total. The zero-order valence-electron chi connectivity index (χ0n) is 22.3. The molecule has 2 amide bonds. The molecule has 0 aliphatic rings. The van der Waals surface area contributed by atoms with Gasteiger partial charge in [-0.15, -0.1) is 0 Å². The molecule has 3 heterocycles. The number of carbonyl (C=O) groups is 1. The highest BCUT2D eigenvalue weighted by Crippen LogP contribution is 2.29. The third-order valence-corrected chi connectivity index (χ3v) is 5.95. The standard InChI is InChI=1S/C29H25FN8O3/c1-29(2,40)26-14-27(38(36-26)20-6-4-5-18(11-20)15-31)35-28(39)34-24-8-7-21(12-23(24)30)41-22-9-10-32-25(13-22)19-16-33-37(3)17-19/h4-14,16-17,40H,1-3H3,(H2,34,35,39). The van der Waals surface area contributed by atoms with Crippen LogP contribution in [0.5, 0.6) is 11.5 Å². The number of carbonyl (C=O) groups excluding carboxylic acids is 1. The fourth-order valence-corrected chi connectivity index (χ4v) is 3.93. The zero-order chi connectivity index (χ0) is 29.1. The van der Waals surface area contributed by atoms with Gasteiger partial charge in [-0.1, -0.05) is 6.07 Å². The number of anilines is 2. The molecule has 5 rings (SSSR count). The molecule has 5 aromatic rings. The average Bonchev–Trinajstić information content (AvgIpc) is 3.57. The summed E-state index contributed by atoms with van der Waals surface area (Å²) in [6, 6.07) is 16.8. The molecular weight excluding hydrogens is 527 g/mol. The van der Waals surface area contributed by atoms with Crippen molar-refractivity contribution in [3.05, 3.63) is 96.3 Å². The lowest BCUT2D eigenvalue weighted by Gasteiger charge is -2.13. The number of nitrogens with zero attached hydrogens (tertiary/aromatic N) is 6. The van der Waals surface area contributed by atoms with Crippen LogP contribution in [0, 0.1) is 17.1 Å². The quantitative estimate of drug-likeness (QED) is 0.247. The Labute approximate surface area is 234 Å². The lowest BCUT2D eigenvalue weighted by Crippen LogP contribution is -2.22. The molecule has 0 aliphatic heterocycles. The molecule has 0 saturated carbocycles. The van der Waals surface area contributed by atoms with Crippen LogP contribution in [-0.2, 0) is 12.6 Å². The summed E-state index contributed by atoms with van der Waals surface area (Å²) in [5.41, 5.74) is 1.24. The molecule has 0 atom stereocenters. The normalized spacial score (nSPS) is 11.1. The van der Waals surface area contributed by atoms with Gasteiger partial charge in [0.15, 0.2) is 0 Å². The summed E-state index contributed by atoms with van der Waals surface area (Å²) in [5.74, 6) is 0.166. The van der Waals surface area contributed by atoms with E-state index >= 15 is 0 Å². The summed E-state index contributed by atoms with van der Waals surface area (Å²) in [5, 5.41) is 33.4. The average molecular weight is 553 g/mol. The van der Waals surface area contributed by atoms with Gasteiger partial charge in [-0.25, -0.2) is 13.9 Å². The summed E-state index contributed by atoms with van der Waals surface area (Å²) in [7, 11) is 1.80. The van der Waals surface area contributed by atoms with Gasteiger partial charge < -0.3 is 15.2 Å². The summed E-state index contributed by atoms with van der Waals surface area (Å²) in [6.07, 6.45) is 5.08. The molecular formula is C29H25FN8O3. The number of hydrogen-bond acceptors (Lipinski definition) is 7. The Kier molecular flexibility index (Phi) is 7.20. The summed E-state index contributed by atoms with van der Waals surface area (Å²) >= 11 is 0. The molecule has 0 aliphatic carbocycles. The molecule has 0 radical (unpaired) electrons. The topological polar surface area (TPSA) is 143 Å². The highest BCUT2D eigenvalue weighted by Gasteiger charge is 2.23. The van der Waals surface area contributed by atoms with Crippen LogP contribution < -0.4 is 15.4 Å². The number of amides is 2. The van der Waals surface area contributed by atoms with E-state index < -0.39 is 17.4 Å². The van der Waals surface area contributed by atoms with Gasteiger partial charge in [-0.05, 0) is 50.2 Å². The maximum absolute atomic E-state index is 15.0. The van der Waals surface area contributed by atoms with E-state index in [1.54, 1.807) is 74.4 Å². The molecule has 3 N–H and O–H groups in total. The Morgan fingerprint density at radius 3 is 2.61 bits per heavy atom. The van der Waals surface area contributed by atoms with Crippen LogP contribution in [0.2, 0.25) is 0 Å². The van der Waals surface area contributed by atoms with E-state index in [-0.39, 0.29) is 22.9 Å². The number of aryl methyl sites for hydroxylation is 1. The number of nitrogens with one attached hydrogen (secondary N) is 2. The van der Waals surface area contributed by atoms with E-state index in [4.69, 9.17) is 4.74 Å². The minimum atomic E-state index is -1.31. The van der Waals surface area contributed by atoms with E-state index in [1.807, 2.05) is 6.20 Å². The Morgan fingerprint density at radius 1 is 1.10 bits per heavy atom. The van der Waals surface area contributed by atoms with Gasteiger partial charge in [0.2, 0.25) is 0 Å². The molecule has 0 bridgehead atoms. The molecule has 206 valence electrons. The minimum absolute atomic E-state index is 0.0825. The highest BCUT2D eigenvalue weighted by molar-refractivity contribution is 5.99. The number of nitriles is 1. The van der Waals surface area contributed by atoms with Crippen LogP contribution in [0.1, 0.15) is 25.1 Å². The monoisotopic (exact) mass is 552 g/mol. The van der Waals surface area contributed by atoms with Crippen molar-refractivity contribution < 1.29 is 19.0 Å².